The van der Waals surface area contributed by atoms with Crippen LogP contribution in [0.15, 0.2) is 4.47 Å². The first-order valence-electron chi connectivity index (χ1n) is 5.67. The lowest BCUT2D eigenvalue weighted by Crippen LogP contribution is -2.06. The molecular weight excluding hydrogens is 268 g/mol. The first-order valence-corrected chi connectivity index (χ1v) is 6.46. The molecule has 88 valence electrons. The van der Waals surface area contributed by atoms with Gasteiger partial charge in [0.15, 0.2) is 11.5 Å². The van der Waals surface area contributed by atoms with Crippen LogP contribution < -0.4 is 9.47 Å². The van der Waals surface area contributed by atoms with Gasteiger partial charge in [0.2, 0.25) is 0 Å². The molecule has 0 saturated carbocycles. The maximum Gasteiger partial charge on any atom is 0.165 e. The predicted molar refractivity (Wildman–Crippen MR) is 68.6 cm³/mol. The minimum absolute atomic E-state index is 0.251. The van der Waals surface area contributed by atoms with Gasteiger partial charge >= 0.3 is 0 Å². The summed E-state index contributed by atoms with van der Waals surface area (Å²) in [6.45, 7) is 8.96. The number of hydrogen-bond donors (Lipinski definition) is 0. The van der Waals surface area contributed by atoms with E-state index in [1.165, 1.54) is 11.1 Å². The van der Waals surface area contributed by atoms with Crippen LogP contribution in [0.2, 0.25) is 0 Å². The molecule has 1 aromatic rings. The molecule has 0 aromatic heterocycles. The van der Waals surface area contributed by atoms with Crippen LogP contribution in [0.4, 0.5) is 0 Å². The van der Waals surface area contributed by atoms with E-state index in [4.69, 9.17) is 9.47 Å². The van der Waals surface area contributed by atoms with Gasteiger partial charge < -0.3 is 9.47 Å². The van der Waals surface area contributed by atoms with Crippen LogP contribution in [0, 0.1) is 13.8 Å². The van der Waals surface area contributed by atoms with Crippen LogP contribution in [0.25, 0.3) is 0 Å². The Morgan fingerprint density at radius 3 is 2.69 bits per heavy atom. The van der Waals surface area contributed by atoms with Gasteiger partial charge in [-0.15, -0.1) is 0 Å². The van der Waals surface area contributed by atoms with Crippen LogP contribution in [-0.2, 0) is 6.42 Å². The van der Waals surface area contributed by atoms with Gasteiger partial charge in [-0.05, 0) is 33.3 Å². The topological polar surface area (TPSA) is 18.5 Å². The SMILES string of the molecule is CCOc1c(C)c(Br)c(C)c2c1OC(C)C2. The van der Waals surface area contributed by atoms with E-state index in [9.17, 15) is 0 Å². The molecule has 2 nitrogen and oxygen atoms in total. The van der Waals surface area contributed by atoms with Crippen LogP contribution in [-0.4, -0.2) is 12.7 Å². The fourth-order valence-corrected chi connectivity index (χ4v) is 2.63. The molecule has 1 aliphatic rings. The summed E-state index contributed by atoms with van der Waals surface area (Å²) >= 11 is 3.64. The highest BCUT2D eigenvalue weighted by Gasteiger charge is 2.28. The molecule has 2 rings (SSSR count). The van der Waals surface area contributed by atoms with Crippen LogP contribution in [0.1, 0.15) is 30.5 Å². The van der Waals surface area contributed by atoms with Crippen LogP contribution >= 0.6 is 15.9 Å². The van der Waals surface area contributed by atoms with Crippen molar-refractivity contribution in [1.82, 2.24) is 0 Å². The third-order valence-corrected chi connectivity index (χ3v) is 4.22. The molecule has 1 unspecified atom stereocenters. The van der Waals surface area contributed by atoms with Gasteiger partial charge in [-0.25, -0.2) is 0 Å². The average Bonchev–Trinajstić information content (AvgIpc) is 2.63. The lowest BCUT2D eigenvalue weighted by molar-refractivity contribution is 0.236. The number of halogens is 1. The maximum atomic E-state index is 5.86. The van der Waals surface area contributed by atoms with Crippen molar-refractivity contribution in [3.8, 4) is 11.5 Å². The van der Waals surface area contributed by atoms with Gasteiger partial charge in [0.05, 0.1) is 6.61 Å². The molecule has 0 aliphatic carbocycles. The molecule has 0 spiro atoms. The third kappa shape index (κ3) is 1.71. The van der Waals surface area contributed by atoms with E-state index in [1.807, 2.05) is 6.92 Å². The largest absolute Gasteiger partial charge is 0.490 e. The molecule has 16 heavy (non-hydrogen) atoms. The van der Waals surface area contributed by atoms with E-state index in [2.05, 4.69) is 36.7 Å². The molecular formula is C13H17BrO2. The number of hydrogen-bond acceptors (Lipinski definition) is 2. The summed E-state index contributed by atoms with van der Waals surface area (Å²) in [4.78, 5) is 0. The molecule has 1 heterocycles. The molecule has 0 radical (unpaired) electrons. The van der Waals surface area contributed by atoms with Crippen molar-refractivity contribution in [2.75, 3.05) is 6.61 Å². The Morgan fingerprint density at radius 2 is 2.06 bits per heavy atom. The zero-order valence-electron chi connectivity index (χ0n) is 10.2. The number of rotatable bonds is 2. The smallest absolute Gasteiger partial charge is 0.165 e. The second kappa shape index (κ2) is 4.28. The van der Waals surface area contributed by atoms with Crippen molar-refractivity contribution < 1.29 is 9.47 Å². The molecule has 3 heteroatoms. The second-order valence-corrected chi connectivity index (χ2v) is 5.06. The Kier molecular flexibility index (Phi) is 3.15. The first-order chi connectivity index (χ1) is 7.56. The molecule has 1 aromatic carbocycles. The van der Waals surface area contributed by atoms with Gasteiger partial charge in [0.1, 0.15) is 6.10 Å². The lowest BCUT2D eigenvalue weighted by Gasteiger charge is -2.16. The highest BCUT2D eigenvalue weighted by molar-refractivity contribution is 9.10. The summed E-state index contributed by atoms with van der Waals surface area (Å²) in [5.74, 6) is 1.85. The Labute approximate surface area is 105 Å². The Bertz CT molecular complexity index is 427. The summed E-state index contributed by atoms with van der Waals surface area (Å²) in [5.41, 5.74) is 3.70. The monoisotopic (exact) mass is 284 g/mol. The van der Waals surface area contributed by atoms with E-state index in [-0.39, 0.29) is 6.10 Å². The molecule has 0 fully saturated rings. The predicted octanol–water partition coefficient (Wildman–Crippen LogP) is 3.79. The fourth-order valence-electron chi connectivity index (χ4n) is 2.21. The Morgan fingerprint density at radius 1 is 1.38 bits per heavy atom. The van der Waals surface area contributed by atoms with Crippen molar-refractivity contribution in [2.45, 2.75) is 40.2 Å². The van der Waals surface area contributed by atoms with E-state index >= 15 is 0 Å². The number of benzene rings is 1. The van der Waals surface area contributed by atoms with E-state index < -0.39 is 0 Å². The molecule has 0 N–H and O–H groups in total. The summed E-state index contributed by atoms with van der Waals surface area (Å²) in [6, 6.07) is 0. The highest BCUT2D eigenvalue weighted by atomic mass is 79.9. The van der Waals surface area contributed by atoms with Crippen LogP contribution in [0.5, 0.6) is 11.5 Å². The van der Waals surface area contributed by atoms with Gasteiger partial charge in [-0.2, -0.15) is 0 Å². The number of ether oxygens (including phenoxy) is 2. The zero-order chi connectivity index (χ0) is 11.9. The van der Waals surface area contributed by atoms with E-state index in [0.29, 0.717) is 6.61 Å². The summed E-state index contributed by atoms with van der Waals surface area (Å²) in [7, 11) is 0. The van der Waals surface area contributed by atoms with Crippen molar-refractivity contribution >= 4 is 15.9 Å². The van der Waals surface area contributed by atoms with E-state index in [0.717, 1.165) is 28.0 Å². The summed E-state index contributed by atoms with van der Waals surface area (Å²) < 4.78 is 12.7. The quantitative estimate of drug-likeness (QED) is 0.823. The minimum Gasteiger partial charge on any atom is -0.490 e. The van der Waals surface area contributed by atoms with E-state index in [1.54, 1.807) is 0 Å². The van der Waals surface area contributed by atoms with Crippen molar-refractivity contribution in [3.05, 3.63) is 21.2 Å². The van der Waals surface area contributed by atoms with Crippen molar-refractivity contribution in [1.29, 1.82) is 0 Å². The fraction of sp³-hybridized carbons (Fsp3) is 0.538. The molecule has 1 aliphatic heterocycles. The summed E-state index contributed by atoms with van der Waals surface area (Å²) in [5, 5.41) is 0. The highest BCUT2D eigenvalue weighted by Crippen LogP contribution is 2.46. The van der Waals surface area contributed by atoms with Crippen LogP contribution in [0.3, 0.4) is 0 Å². The van der Waals surface area contributed by atoms with Gasteiger partial charge in [-0.3, -0.25) is 0 Å². The third-order valence-electron chi connectivity index (χ3n) is 3.03. The van der Waals surface area contributed by atoms with Crippen molar-refractivity contribution in [2.24, 2.45) is 0 Å². The Hall–Kier alpha value is -0.700. The lowest BCUT2D eigenvalue weighted by atomic mass is 10.0. The van der Waals surface area contributed by atoms with Crippen molar-refractivity contribution in [3.63, 3.8) is 0 Å². The molecule has 0 saturated heterocycles. The maximum absolute atomic E-state index is 5.86. The zero-order valence-corrected chi connectivity index (χ0v) is 11.8. The summed E-state index contributed by atoms with van der Waals surface area (Å²) in [6.07, 6.45) is 1.22. The Balaban J connectivity index is 2.62. The number of fused-ring (bicyclic) bond motifs is 1. The first kappa shape index (κ1) is 11.8. The minimum atomic E-state index is 0.251. The standard InChI is InChI=1S/C13H17BrO2/c1-5-15-12-9(4)11(14)8(3)10-6-7(2)16-13(10)12/h7H,5-6H2,1-4H3. The molecule has 1 atom stereocenters. The normalized spacial score (nSPS) is 18.2. The molecule has 0 amide bonds. The van der Waals surface area contributed by atoms with Gasteiger partial charge in [0.25, 0.3) is 0 Å². The van der Waals surface area contributed by atoms with Gasteiger partial charge in [0, 0.05) is 22.0 Å². The molecule has 0 bridgehead atoms. The average molecular weight is 285 g/mol. The second-order valence-electron chi connectivity index (χ2n) is 4.27. The van der Waals surface area contributed by atoms with Gasteiger partial charge in [-0.1, -0.05) is 15.9 Å².